The molecule has 0 saturated carbocycles. The Kier molecular flexibility index (Phi) is 7.48. The molecule has 1 fully saturated rings. The summed E-state index contributed by atoms with van der Waals surface area (Å²) in [5, 5.41) is 2.64. The molecule has 6 rings (SSSR count). The van der Waals surface area contributed by atoms with Crippen LogP contribution in [0.4, 0.5) is 11.4 Å². The lowest BCUT2D eigenvalue weighted by molar-refractivity contribution is -0.122. The lowest BCUT2D eigenvalue weighted by atomic mass is 9.83. The number of amides is 3. The molecule has 3 atom stereocenters. The molecular weight excluding hydrogens is 578 g/mol. The molecule has 4 aromatic rings. The van der Waals surface area contributed by atoms with E-state index in [0.717, 1.165) is 11.3 Å². The van der Waals surface area contributed by atoms with Crippen molar-refractivity contribution in [2.75, 3.05) is 31.0 Å². The number of rotatable bonds is 8. The summed E-state index contributed by atoms with van der Waals surface area (Å²) in [4.78, 5) is 56.8. The molecule has 1 saturated heterocycles. The number of carbonyl (C=O) groups is 3. The Morgan fingerprint density at radius 3 is 2.40 bits per heavy atom. The number of anilines is 2. The molecule has 0 radical (unpaired) electrons. The number of nitrogens with one attached hydrogen (secondary N) is 2. The number of nitrogens with zero attached hydrogens (tertiary/aromatic N) is 1. The van der Waals surface area contributed by atoms with Crippen molar-refractivity contribution >= 4 is 52.2 Å². The zero-order valence-corrected chi connectivity index (χ0v) is 24.1. The van der Waals surface area contributed by atoms with Gasteiger partial charge in [0.15, 0.2) is 18.1 Å². The largest absolute Gasteiger partial charge is 0.497 e. The third-order valence-corrected chi connectivity index (χ3v) is 9.52. The maximum Gasteiger partial charge on any atom is 0.305 e. The van der Waals surface area contributed by atoms with Crippen LogP contribution in [0.15, 0.2) is 82.6 Å². The maximum absolute atomic E-state index is 13.8. The summed E-state index contributed by atoms with van der Waals surface area (Å²) in [6, 6.07) is 20.9. The van der Waals surface area contributed by atoms with Crippen LogP contribution in [0.1, 0.15) is 16.4 Å². The van der Waals surface area contributed by atoms with Crippen LogP contribution < -0.4 is 29.3 Å². The molecule has 0 bridgehead atoms. The summed E-state index contributed by atoms with van der Waals surface area (Å²) >= 11 is 2.25. The number of imide groups is 1. The highest BCUT2D eigenvalue weighted by molar-refractivity contribution is 8.00. The van der Waals surface area contributed by atoms with Gasteiger partial charge in [0.05, 0.1) is 30.9 Å². The van der Waals surface area contributed by atoms with E-state index in [9.17, 15) is 19.2 Å². The third kappa shape index (κ3) is 5.03. The Bertz CT molecular complexity index is 1720. The summed E-state index contributed by atoms with van der Waals surface area (Å²) in [5.74, 6) is -0.956. The standard InChI is InChI=1S/C30H25N3O7S2/c1-38-19-11-9-17(10-12-19)31-22(34)15-40-20-13-8-16(14-21(20)39-2)23-24-26(41-27-25(23)42-30(37)32-27)29(36)33(28(24)35)18-6-4-3-5-7-18/h3-14,23-24,26H,15H2,1-2H3,(H,31,34)(H,32,37). The molecule has 1 aromatic heterocycles. The fraction of sp³-hybridized carbons (Fsp3) is 0.200. The Labute approximate surface area is 248 Å². The predicted molar refractivity (Wildman–Crippen MR) is 159 cm³/mol. The quantitative estimate of drug-likeness (QED) is 0.286. The molecule has 3 unspecified atom stereocenters. The highest BCUT2D eigenvalue weighted by Crippen LogP contribution is 2.53. The molecule has 3 amide bonds. The lowest BCUT2D eigenvalue weighted by Crippen LogP contribution is -2.32. The molecular formula is C30H25N3O7S2. The van der Waals surface area contributed by atoms with Gasteiger partial charge in [0, 0.05) is 16.5 Å². The number of para-hydroxylation sites is 1. The van der Waals surface area contributed by atoms with E-state index in [1.807, 2.05) is 6.07 Å². The van der Waals surface area contributed by atoms with Gasteiger partial charge in [-0.3, -0.25) is 19.2 Å². The maximum atomic E-state index is 13.8. The number of H-pyrrole nitrogens is 1. The summed E-state index contributed by atoms with van der Waals surface area (Å²) in [6.07, 6.45) is 0. The number of ether oxygens (including phenoxy) is 3. The average molecular weight is 604 g/mol. The van der Waals surface area contributed by atoms with Gasteiger partial charge in [0.1, 0.15) is 11.0 Å². The van der Waals surface area contributed by atoms with E-state index in [1.54, 1.807) is 73.8 Å². The van der Waals surface area contributed by atoms with Crippen LogP contribution >= 0.6 is 23.1 Å². The van der Waals surface area contributed by atoms with Crippen LogP contribution in [-0.2, 0) is 14.4 Å². The highest BCUT2D eigenvalue weighted by Gasteiger charge is 2.56. The topological polar surface area (TPSA) is 127 Å². The molecule has 2 aliphatic rings. The predicted octanol–water partition coefficient (Wildman–Crippen LogP) is 4.27. The first kappa shape index (κ1) is 27.6. The number of hydrogen-bond acceptors (Lipinski definition) is 9. The lowest BCUT2D eigenvalue weighted by Gasteiger charge is -2.30. The molecule has 12 heteroatoms. The molecule has 0 aliphatic carbocycles. The molecule has 3 aromatic carbocycles. The van der Waals surface area contributed by atoms with Crippen molar-refractivity contribution in [3.8, 4) is 17.2 Å². The van der Waals surface area contributed by atoms with E-state index < -0.39 is 17.1 Å². The summed E-state index contributed by atoms with van der Waals surface area (Å²) in [7, 11) is 3.04. The number of carbonyl (C=O) groups excluding carboxylic acids is 3. The van der Waals surface area contributed by atoms with Gasteiger partial charge in [-0.05, 0) is 54.1 Å². The minimum Gasteiger partial charge on any atom is -0.497 e. The van der Waals surface area contributed by atoms with Crippen LogP contribution in [0.5, 0.6) is 17.2 Å². The Morgan fingerprint density at radius 1 is 0.929 bits per heavy atom. The van der Waals surface area contributed by atoms with Crippen molar-refractivity contribution in [1.29, 1.82) is 0 Å². The van der Waals surface area contributed by atoms with Crippen molar-refractivity contribution in [3.05, 3.63) is 92.9 Å². The van der Waals surface area contributed by atoms with Crippen molar-refractivity contribution in [1.82, 2.24) is 4.98 Å². The Hall–Kier alpha value is -4.55. The molecule has 2 aliphatic heterocycles. The number of thioether (sulfide) groups is 1. The zero-order valence-electron chi connectivity index (χ0n) is 22.5. The smallest absolute Gasteiger partial charge is 0.305 e. The molecule has 3 heterocycles. The monoisotopic (exact) mass is 603 g/mol. The number of methoxy groups -OCH3 is 2. The summed E-state index contributed by atoms with van der Waals surface area (Å²) < 4.78 is 16.5. The molecule has 0 spiro atoms. The fourth-order valence-electron chi connectivity index (χ4n) is 5.22. The van der Waals surface area contributed by atoms with E-state index in [0.29, 0.717) is 44.1 Å². The second-order valence-electron chi connectivity index (χ2n) is 9.57. The van der Waals surface area contributed by atoms with Gasteiger partial charge < -0.3 is 24.5 Å². The van der Waals surface area contributed by atoms with Gasteiger partial charge in [-0.15, -0.1) is 0 Å². The van der Waals surface area contributed by atoms with Gasteiger partial charge in [-0.2, -0.15) is 0 Å². The van der Waals surface area contributed by atoms with Crippen LogP contribution in [0.2, 0.25) is 0 Å². The normalized spacial score (nSPS) is 19.2. The van der Waals surface area contributed by atoms with Crippen LogP contribution in [-0.4, -0.2) is 48.8 Å². The van der Waals surface area contributed by atoms with Crippen molar-refractivity contribution in [3.63, 3.8) is 0 Å². The second-order valence-corrected chi connectivity index (χ2v) is 11.7. The Morgan fingerprint density at radius 2 is 1.69 bits per heavy atom. The minimum atomic E-state index is -0.728. The summed E-state index contributed by atoms with van der Waals surface area (Å²) in [5.41, 5.74) is 1.79. The number of hydrogen-bond donors (Lipinski definition) is 2. The Balaban J connectivity index is 1.27. The van der Waals surface area contributed by atoms with Gasteiger partial charge >= 0.3 is 4.87 Å². The number of aromatic amines is 1. The molecule has 214 valence electrons. The summed E-state index contributed by atoms with van der Waals surface area (Å²) in [6.45, 7) is -0.269. The van der Waals surface area contributed by atoms with E-state index in [-0.39, 0.29) is 29.2 Å². The number of benzene rings is 3. The SMILES string of the molecule is COc1ccc(NC(=O)COc2ccc(C3c4sc(=O)[nH]c4SC4C(=O)N(c5ccccc5)C(=O)C43)cc2OC)cc1. The third-order valence-electron chi connectivity index (χ3n) is 7.12. The minimum absolute atomic E-state index is 0.257. The van der Waals surface area contributed by atoms with E-state index in [1.165, 1.54) is 23.8 Å². The molecule has 10 nitrogen and oxygen atoms in total. The first-order valence-corrected chi connectivity index (χ1v) is 14.6. The highest BCUT2D eigenvalue weighted by atomic mass is 32.2. The number of aromatic nitrogens is 1. The van der Waals surface area contributed by atoms with Gasteiger partial charge in [-0.25, -0.2) is 4.90 Å². The second kappa shape index (κ2) is 11.4. The van der Waals surface area contributed by atoms with E-state index in [4.69, 9.17) is 14.2 Å². The van der Waals surface area contributed by atoms with Crippen LogP contribution in [0.25, 0.3) is 0 Å². The van der Waals surface area contributed by atoms with Gasteiger partial charge in [0.2, 0.25) is 11.8 Å². The zero-order chi connectivity index (χ0) is 29.4. The van der Waals surface area contributed by atoms with E-state index in [2.05, 4.69) is 10.3 Å². The average Bonchev–Trinajstić information content (AvgIpc) is 3.50. The molecule has 42 heavy (non-hydrogen) atoms. The number of fused-ring (bicyclic) bond motifs is 2. The first-order valence-electron chi connectivity index (χ1n) is 12.9. The van der Waals surface area contributed by atoms with Crippen molar-refractivity contribution < 1.29 is 28.6 Å². The van der Waals surface area contributed by atoms with Crippen molar-refractivity contribution in [2.45, 2.75) is 16.2 Å². The first-order chi connectivity index (χ1) is 20.4. The van der Waals surface area contributed by atoms with Crippen molar-refractivity contribution in [2.24, 2.45) is 5.92 Å². The number of thiazole rings is 1. The van der Waals surface area contributed by atoms with Gasteiger partial charge in [0.25, 0.3) is 5.91 Å². The fourth-order valence-corrected chi connectivity index (χ4v) is 7.73. The van der Waals surface area contributed by atoms with Gasteiger partial charge in [-0.1, -0.05) is 47.4 Å². The molecule has 2 N–H and O–H groups in total. The van der Waals surface area contributed by atoms with E-state index >= 15 is 0 Å². The van der Waals surface area contributed by atoms with Crippen LogP contribution in [0.3, 0.4) is 0 Å². The van der Waals surface area contributed by atoms with Crippen LogP contribution in [0, 0.1) is 5.92 Å².